The van der Waals surface area contributed by atoms with Gasteiger partial charge in [0.25, 0.3) is 0 Å². The van der Waals surface area contributed by atoms with Gasteiger partial charge in [0.2, 0.25) is 5.91 Å². The Labute approximate surface area is 126 Å². The van der Waals surface area contributed by atoms with E-state index in [1.165, 1.54) is 11.8 Å². The first kappa shape index (κ1) is 14.5. The highest BCUT2D eigenvalue weighted by atomic mass is 35.5. The van der Waals surface area contributed by atoms with Crippen molar-refractivity contribution in [2.45, 2.75) is 5.16 Å². The number of aromatic nitrogens is 2. The van der Waals surface area contributed by atoms with Crippen molar-refractivity contribution in [2.75, 3.05) is 12.3 Å². The minimum Gasteiger partial charge on any atom is -0.344 e. The molecule has 0 spiro atoms. The summed E-state index contributed by atoms with van der Waals surface area (Å²) in [4.78, 5) is 15.8. The molecular weight excluding hydrogens is 294 g/mol. The molecule has 2 rings (SSSR count). The Kier molecular flexibility index (Phi) is 5.10. The molecule has 0 saturated carbocycles. The van der Waals surface area contributed by atoms with E-state index in [0.717, 1.165) is 10.8 Å². The predicted molar refractivity (Wildman–Crippen MR) is 81.1 cm³/mol. The van der Waals surface area contributed by atoms with E-state index >= 15 is 0 Å². The molecular formula is C14H12ClN3OS. The molecule has 0 aliphatic carbocycles. The van der Waals surface area contributed by atoms with Crippen LogP contribution in [0.15, 0.2) is 41.8 Å². The monoisotopic (exact) mass is 305 g/mol. The second kappa shape index (κ2) is 7.04. The molecule has 6 heteroatoms. The van der Waals surface area contributed by atoms with Gasteiger partial charge in [-0.25, -0.2) is 4.98 Å². The van der Waals surface area contributed by atoms with E-state index in [1.54, 1.807) is 6.20 Å². The van der Waals surface area contributed by atoms with Crippen molar-refractivity contribution in [3.8, 4) is 18.0 Å². The van der Waals surface area contributed by atoms with Gasteiger partial charge in [0, 0.05) is 23.1 Å². The third-order valence-corrected chi connectivity index (χ3v) is 3.62. The van der Waals surface area contributed by atoms with Crippen molar-refractivity contribution in [1.82, 2.24) is 14.9 Å². The quantitative estimate of drug-likeness (QED) is 0.681. The van der Waals surface area contributed by atoms with Crippen molar-refractivity contribution >= 4 is 29.3 Å². The summed E-state index contributed by atoms with van der Waals surface area (Å²) in [6.07, 6.45) is 8.59. The van der Waals surface area contributed by atoms with Crippen molar-refractivity contribution < 1.29 is 4.79 Å². The van der Waals surface area contributed by atoms with Crippen molar-refractivity contribution in [3.63, 3.8) is 0 Å². The molecule has 0 aliphatic heterocycles. The Morgan fingerprint density at radius 1 is 1.55 bits per heavy atom. The fraction of sp³-hybridized carbons (Fsp3) is 0.143. The maximum atomic E-state index is 11.5. The maximum absolute atomic E-state index is 11.5. The Bertz CT molecular complexity index is 648. The van der Waals surface area contributed by atoms with Crippen LogP contribution in [0.5, 0.6) is 0 Å². The summed E-state index contributed by atoms with van der Waals surface area (Å²) in [6, 6.07) is 7.44. The van der Waals surface area contributed by atoms with Gasteiger partial charge in [-0.05, 0) is 18.2 Å². The van der Waals surface area contributed by atoms with Gasteiger partial charge in [-0.1, -0.05) is 35.3 Å². The number of halogens is 1. The molecule has 102 valence electrons. The van der Waals surface area contributed by atoms with Gasteiger partial charge in [0.15, 0.2) is 5.16 Å². The zero-order chi connectivity index (χ0) is 14.4. The SMILES string of the molecule is C#CCNC(=O)CSc1nccn1-c1cccc(Cl)c1. The smallest absolute Gasteiger partial charge is 0.231 e. The molecule has 0 saturated heterocycles. The summed E-state index contributed by atoms with van der Waals surface area (Å²) >= 11 is 7.32. The minimum absolute atomic E-state index is 0.117. The Balaban J connectivity index is 2.06. The van der Waals surface area contributed by atoms with Gasteiger partial charge >= 0.3 is 0 Å². The zero-order valence-electron chi connectivity index (χ0n) is 10.5. The van der Waals surface area contributed by atoms with Crippen molar-refractivity contribution in [2.24, 2.45) is 0 Å². The van der Waals surface area contributed by atoms with Crippen LogP contribution in [0, 0.1) is 12.3 Å². The second-order valence-electron chi connectivity index (χ2n) is 3.83. The van der Waals surface area contributed by atoms with Crippen LogP contribution in [-0.4, -0.2) is 27.8 Å². The number of carbonyl (C=O) groups excluding carboxylic acids is 1. The fourth-order valence-electron chi connectivity index (χ4n) is 1.55. The number of imidazole rings is 1. The number of hydrogen-bond donors (Lipinski definition) is 1. The number of thioether (sulfide) groups is 1. The molecule has 1 heterocycles. The van der Waals surface area contributed by atoms with Gasteiger partial charge in [0.05, 0.1) is 12.3 Å². The number of rotatable bonds is 5. The van der Waals surface area contributed by atoms with Crippen LogP contribution >= 0.6 is 23.4 Å². The molecule has 1 aromatic heterocycles. The number of nitrogens with one attached hydrogen (secondary N) is 1. The lowest BCUT2D eigenvalue weighted by Crippen LogP contribution is -2.25. The summed E-state index contributed by atoms with van der Waals surface area (Å²) in [5, 5.41) is 3.99. The molecule has 0 radical (unpaired) electrons. The van der Waals surface area contributed by atoms with Crippen molar-refractivity contribution in [1.29, 1.82) is 0 Å². The van der Waals surface area contributed by atoms with Crippen LogP contribution in [0.1, 0.15) is 0 Å². The number of terminal acetylenes is 1. The molecule has 1 aromatic carbocycles. The highest BCUT2D eigenvalue weighted by Gasteiger charge is 2.08. The topological polar surface area (TPSA) is 46.9 Å². The first-order valence-corrected chi connectivity index (χ1v) is 7.19. The van der Waals surface area contributed by atoms with E-state index in [1.807, 2.05) is 35.0 Å². The first-order chi connectivity index (χ1) is 9.70. The van der Waals surface area contributed by atoms with Crippen LogP contribution in [0.2, 0.25) is 5.02 Å². The molecule has 1 N–H and O–H groups in total. The standard InChI is InChI=1S/C14H12ClN3OS/c1-2-6-16-13(19)10-20-14-17-7-8-18(14)12-5-3-4-11(15)9-12/h1,3-5,7-9H,6,10H2,(H,16,19). The zero-order valence-corrected chi connectivity index (χ0v) is 12.1. The van der Waals surface area contributed by atoms with Crippen molar-refractivity contribution in [3.05, 3.63) is 41.7 Å². The number of amides is 1. The van der Waals surface area contributed by atoms with E-state index in [0.29, 0.717) is 5.02 Å². The summed E-state index contributed by atoms with van der Waals surface area (Å²) in [6.45, 7) is 0.238. The third-order valence-electron chi connectivity index (χ3n) is 2.41. The number of nitrogens with zero attached hydrogens (tertiary/aromatic N) is 2. The van der Waals surface area contributed by atoms with E-state index in [9.17, 15) is 4.79 Å². The summed E-state index contributed by atoms with van der Waals surface area (Å²) in [5.41, 5.74) is 0.904. The highest BCUT2D eigenvalue weighted by molar-refractivity contribution is 7.99. The lowest BCUT2D eigenvalue weighted by Gasteiger charge is -2.07. The van der Waals surface area contributed by atoms with E-state index < -0.39 is 0 Å². The van der Waals surface area contributed by atoms with Crippen LogP contribution < -0.4 is 5.32 Å². The van der Waals surface area contributed by atoms with E-state index in [4.69, 9.17) is 18.0 Å². The van der Waals surface area contributed by atoms with Gasteiger partial charge < -0.3 is 5.32 Å². The minimum atomic E-state index is -0.117. The number of carbonyl (C=O) groups is 1. The van der Waals surface area contributed by atoms with E-state index in [2.05, 4.69) is 16.2 Å². The number of benzene rings is 1. The molecule has 4 nitrogen and oxygen atoms in total. The average Bonchev–Trinajstić information content (AvgIpc) is 2.91. The van der Waals surface area contributed by atoms with Gasteiger partial charge in [-0.3, -0.25) is 9.36 Å². The van der Waals surface area contributed by atoms with E-state index in [-0.39, 0.29) is 18.2 Å². The predicted octanol–water partition coefficient (Wildman–Crippen LogP) is 2.37. The summed E-state index contributed by atoms with van der Waals surface area (Å²) < 4.78 is 1.88. The molecule has 20 heavy (non-hydrogen) atoms. The summed E-state index contributed by atoms with van der Waals surface area (Å²) in [7, 11) is 0. The van der Waals surface area contributed by atoms with Crippen LogP contribution in [0.25, 0.3) is 5.69 Å². The lowest BCUT2D eigenvalue weighted by molar-refractivity contribution is -0.118. The normalized spacial score (nSPS) is 10.0. The van der Waals surface area contributed by atoms with Crippen LogP contribution in [0.4, 0.5) is 0 Å². The Morgan fingerprint density at radius 2 is 2.40 bits per heavy atom. The average molecular weight is 306 g/mol. The van der Waals surface area contributed by atoms with Crippen LogP contribution in [-0.2, 0) is 4.79 Å². The molecule has 0 aliphatic rings. The summed E-state index contributed by atoms with van der Waals surface area (Å²) in [5.74, 6) is 2.50. The van der Waals surface area contributed by atoms with Gasteiger partial charge in [-0.15, -0.1) is 6.42 Å². The second-order valence-corrected chi connectivity index (χ2v) is 5.21. The molecule has 0 unspecified atom stereocenters. The van der Waals surface area contributed by atoms with Gasteiger partial charge in [-0.2, -0.15) is 0 Å². The maximum Gasteiger partial charge on any atom is 0.231 e. The molecule has 1 amide bonds. The molecule has 0 fully saturated rings. The Hall–Kier alpha value is -1.90. The van der Waals surface area contributed by atoms with Gasteiger partial charge in [0.1, 0.15) is 0 Å². The largest absolute Gasteiger partial charge is 0.344 e. The number of hydrogen-bond acceptors (Lipinski definition) is 3. The lowest BCUT2D eigenvalue weighted by atomic mass is 10.3. The van der Waals surface area contributed by atoms with Crippen LogP contribution in [0.3, 0.4) is 0 Å². The molecule has 0 bridgehead atoms. The Morgan fingerprint density at radius 3 is 3.15 bits per heavy atom. The first-order valence-electron chi connectivity index (χ1n) is 5.83. The third kappa shape index (κ3) is 3.80. The molecule has 0 atom stereocenters. The molecule has 2 aromatic rings. The highest BCUT2D eigenvalue weighted by Crippen LogP contribution is 2.22. The fourth-order valence-corrected chi connectivity index (χ4v) is 2.54.